The molecule has 122 valence electrons. The summed E-state index contributed by atoms with van der Waals surface area (Å²) in [6.45, 7) is 2.21. The minimum Gasteiger partial charge on any atom is -0.343 e. The molecule has 2 nitrogen and oxygen atoms in total. The van der Waals surface area contributed by atoms with E-state index in [0.717, 1.165) is 12.1 Å². The predicted octanol–water partition coefficient (Wildman–Crippen LogP) is 6.26. The van der Waals surface area contributed by atoms with Gasteiger partial charge in [0.2, 0.25) is 0 Å². The molecule has 0 unspecified atom stereocenters. The molecule has 0 amide bonds. The maximum Gasteiger partial charge on any atom is 0.0991 e. The van der Waals surface area contributed by atoms with Gasteiger partial charge in [0.05, 0.1) is 22.0 Å². The zero-order valence-electron chi connectivity index (χ0n) is 14.3. The summed E-state index contributed by atoms with van der Waals surface area (Å²) in [5.41, 5.74) is 4.38. The summed E-state index contributed by atoms with van der Waals surface area (Å²) < 4.78 is 2.70. The molecule has 3 heteroatoms. The first kappa shape index (κ1) is 15.7. The second kappa shape index (κ2) is 6.23. The number of benzene rings is 3. The van der Waals surface area contributed by atoms with Crippen LogP contribution in [0, 0.1) is 11.3 Å². The molecule has 4 aromatic rings. The lowest BCUT2D eigenvalue weighted by molar-refractivity contribution is 1.16. The molecule has 0 N–H and O–H groups in total. The van der Waals surface area contributed by atoms with Gasteiger partial charge >= 0.3 is 0 Å². The minimum atomic E-state index is 0.685. The minimum absolute atomic E-state index is 0.685. The quantitative estimate of drug-likeness (QED) is 0.439. The molecule has 0 aliphatic heterocycles. The summed E-state index contributed by atoms with van der Waals surface area (Å²) in [7, 11) is 2.08. The Balaban J connectivity index is 1.91. The third kappa shape index (κ3) is 2.56. The zero-order chi connectivity index (χ0) is 17.4. The fraction of sp³-hybridized carbons (Fsp3) is 0.136. The lowest BCUT2D eigenvalue weighted by atomic mass is 10.1. The van der Waals surface area contributed by atoms with Crippen LogP contribution in [0.25, 0.3) is 20.2 Å². The van der Waals surface area contributed by atoms with Crippen molar-refractivity contribution in [3.63, 3.8) is 0 Å². The van der Waals surface area contributed by atoms with Crippen molar-refractivity contribution in [3.8, 4) is 6.07 Å². The molecular formula is C22H18N2S. The van der Waals surface area contributed by atoms with E-state index in [0.29, 0.717) is 5.56 Å². The summed E-state index contributed by atoms with van der Waals surface area (Å²) >= 11 is 1.88. The van der Waals surface area contributed by atoms with E-state index in [1.807, 2.05) is 35.6 Å². The molecule has 0 radical (unpaired) electrons. The van der Waals surface area contributed by atoms with Gasteiger partial charge in [0.15, 0.2) is 0 Å². The molecule has 0 fully saturated rings. The molecule has 25 heavy (non-hydrogen) atoms. The lowest BCUT2D eigenvalue weighted by Crippen LogP contribution is -2.09. The predicted molar refractivity (Wildman–Crippen MR) is 108 cm³/mol. The normalized spacial score (nSPS) is 10.9. The van der Waals surface area contributed by atoms with E-state index in [-0.39, 0.29) is 0 Å². The number of anilines is 2. The SMILES string of the molecule is CCc1cccc2c1sc1c(N(C)c3ccc(C#N)cc3)cccc12. The largest absolute Gasteiger partial charge is 0.343 e. The summed E-state index contributed by atoms with van der Waals surface area (Å²) in [5, 5.41) is 11.6. The summed E-state index contributed by atoms with van der Waals surface area (Å²) in [5.74, 6) is 0. The smallest absolute Gasteiger partial charge is 0.0991 e. The second-order valence-corrected chi connectivity index (χ2v) is 7.14. The van der Waals surface area contributed by atoms with Gasteiger partial charge in [-0.2, -0.15) is 5.26 Å². The van der Waals surface area contributed by atoms with Gasteiger partial charge in [-0.1, -0.05) is 37.3 Å². The molecule has 0 bridgehead atoms. The van der Waals surface area contributed by atoms with E-state index in [9.17, 15) is 0 Å². The molecule has 0 atom stereocenters. The van der Waals surface area contributed by atoms with Gasteiger partial charge in [0.1, 0.15) is 0 Å². The third-order valence-electron chi connectivity index (χ3n) is 4.71. The van der Waals surface area contributed by atoms with Crippen molar-refractivity contribution in [2.45, 2.75) is 13.3 Å². The molecule has 3 aromatic carbocycles. The highest BCUT2D eigenvalue weighted by Gasteiger charge is 2.14. The standard InChI is InChI=1S/C22H18N2S/c1-3-16-6-4-7-18-19-8-5-9-20(22(19)25-21(16)18)24(2)17-12-10-15(14-23)11-13-17/h4-13H,3H2,1-2H3. The van der Waals surface area contributed by atoms with Crippen LogP contribution in [0.3, 0.4) is 0 Å². The number of fused-ring (bicyclic) bond motifs is 3. The van der Waals surface area contributed by atoms with Gasteiger partial charge in [-0.05, 0) is 42.3 Å². The maximum absolute atomic E-state index is 8.99. The number of aryl methyl sites for hydroxylation is 1. The maximum atomic E-state index is 8.99. The Morgan fingerprint density at radius 1 is 0.920 bits per heavy atom. The van der Waals surface area contributed by atoms with E-state index >= 15 is 0 Å². The first-order valence-electron chi connectivity index (χ1n) is 8.40. The van der Waals surface area contributed by atoms with E-state index in [4.69, 9.17) is 5.26 Å². The van der Waals surface area contributed by atoms with Crippen LogP contribution >= 0.6 is 11.3 Å². The van der Waals surface area contributed by atoms with Gasteiger partial charge in [0, 0.05) is 28.2 Å². The Bertz CT molecular complexity index is 1100. The van der Waals surface area contributed by atoms with Crippen LogP contribution in [-0.4, -0.2) is 7.05 Å². The van der Waals surface area contributed by atoms with E-state index < -0.39 is 0 Å². The van der Waals surface area contributed by atoms with Crippen molar-refractivity contribution in [2.24, 2.45) is 0 Å². The van der Waals surface area contributed by atoms with E-state index in [1.165, 1.54) is 31.4 Å². The van der Waals surface area contributed by atoms with Crippen molar-refractivity contribution >= 4 is 42.9 Å². The number of rotatable bonds is 3. The monoisotopic (exact) mass is 342 g/mol. The van der Waals surface area contributed by atoms with Crippen LogP contribution in [0.2, 0.25) is 0 Å². The first-order chi connectivity index (χ1) is 12.2. The highest BCUT2D eigenvalue weighted by molar-refractivity contribution is 7.26. The van der Waals surface area contributed by atoms with Crippen LogP contribution in [0.4, 0.5) is 11.4 Å². The van der Waals surface area contributed by atoms with Crippen molar-refractivity contribution in [3.05, 3.63) is 71.8 Å². The molecule has 0 spiro atoms. The van der Waals surface area contributed by atoms with Gasteiger partial charge in [0.25, 0.3) is 0 Å². The highest BCUT2D eigenvalue weighted by Crippen LogP contribution is 2.42. The number of nitriles is 1. The Morgan fingerprint density at radius 2 is 1.60 bits per heavy atom. The number of hydrogen-bond donors (Lipinski definition) is 0. The Kier molecular flexibility index (Phi) is 3.91. The molecule has 0 aliphatic carbocycles. The van der Waals surface area contributed by atoms with Gasteiger partial charge in [-0.15, -0.1) is 11.3 Å². The molecule has 0 aliphatic rings. The van der Waals surface area contributed by atoms with Crippen LogP contribution < -0.4 is 4.90 Å². The number of nitrogens with zero attached hydrogens (tertiary/aromatic N) is 2. The number of thiophene rings is 1. The van der Waals surface area contributed by atoms with Crippen LogP contribution in [-0.2, 0) is 6.42 Å². The summed E-state index contributed by atoms with van der Waals surface area (Å²) in [6, 6.07) is 23.0. The second-order valence-electron chi connectivity index (χ2n) is 6.12. The van der Waals surface area contributed by atoms with Crippen molar-refractivity contribution < 1.29 is 0 Å². The Labute approximate surface area is 151 Å². The number of hydrogen-bond acceptors (Lipinski definition) is 3. The topological polar surface area (TPSA) is 27.0 Å². The average Bonchev–Trinajstić information content (AvgIpc) is 3.06. The lowest BCUT2D eigenvalue weighted by Gasteiger charge is -2.20. The Morgan fingerprint density at radius 3 is 2.28 bits per heavy atom. The van der Waals surface area contributed by atoms with E-state index in [1.54, 1.807) is 0 Å². The molecule has 0 saturated carbocycles. The summed E-state index contributed by atoms with van der Waals surface area (Å²) in [4.78, 5) is 2.20. The molecule has 1 heterocycles. The molecule has 0 saturated heterocycles. The fourth-order valence-electron chi connectivity index (χ4n) is 3.30. The first-order valence-corrected chi connectivity index (χ1v) is 9.21. The van der Waals surface area contributed by atoms with Gasteiger partial charge < -0.3 is 4.90 Å². The summed E-state index contributed by atoms with van der Waals surface area (Å²) in [6.07, 6.45) is 1.05. The van der Waals surface area contributed by atoms with Crippen LogP contribution in [0.1, 0.15) is 18.1 Å². The van der Waals surface area contributed by atoms with E-state index in [2.05, 4.69) is 61.3 Å². The highest BCUT2D eigenvalue weighted by atomic mass is 32.1. The van der Waals surface area contributed by atoms with Crippen molar-refractivity contribution in [1.82, 2.24) is 0 Å². The Hall–Kier alpha value is -2.83. The van der Waals surface area contributed by atoms with Crippen LogP contribution in [0.15, 0.2) is 60.7 Å². The van der Waals surface area contributed by atoms with Crippen molar-refractivity contribution in [1.29, 1.82) is 5.26 Å². The van der Waals surface area contributed by atoms with Crippen LogP contribution in [0.5, 0.6) is 0 Å². The molecular weight excluding hydrogens is 324 g/mol. The molecule has 1 aromatic heterocycles. The van der Waals surface area contributed by atoms with Gasteiger partial charge in [-0.3, -0.25) is 0 Å². The van der Waals surface area contributed by atoms with Crippen molar-refractivity contribution in [2.75, 3.05) is 11.9 Å². The third-order valence-corrected chi connectivity index (χ3v) is 6.03. The fourth-order valence-corrected chi connectivity index (χ4v) is 4.74. The van der Waals surface area contributed by atoms with Gasteiger partial charge in [-0.25, -0.2) is 0 Å². The zero-order valence-corrected chi connectivity index (χ0v) is 15.1. The average molecular weight is 342 g/mol. The molecule has 4 rings (SSSR count).